The van der Waals surface area contributed by atoms with E-state index in [0.717, 1.165) is 7.14 Å². The molecule has 5 nitrogen and oxygen atoms in total. The van der Waals surface area contributed by atoms with Crippen molar-refractivity contribution in [1.82, 2.24) is 9.80 Å². The van der Waals surface area contributed by atoms with Gasteiger partial charge >= 0.3 is 0 Å². The Morgan fingerprint density at radius 2 is 1.62 bits per heavy atom. The number of likely N-dealkylation sites (N-methyl/N-ethyl adjacent to an activating group) is 2. The molecule has 2 aromatic carbocycles. The van der Waals surface area contributed by atoms with E-state index < -0.39 is 11.8 Å². The molecule has 1 fully saturated rings. The van der Waals surface area contributed by atoms with Gasteiger partial charge < -0.3 is 4.74 Å². The topological polar surface area (TPSA) is 49.9 Å². The van der Waals surface area contributed by atoms with Gasteiger partial charge in [0, 0.05) is 19.7 Å². The van der Waals surface area contributed by atoms with E-state index in [9.17, 15) is 14.0 Å². The van der Waals surface area contributed by atoms with Crippen LogP contribution in [-0.2, 0) is 16.2 Å². The Balaban J connectivity index is 1.88. The summed E-state index contributed by atoms with van der Waals surface area (Å²) in [7, 11) is 3.07. The summed E-state index contributed by atoms with van der Waals surface area (Å²) >= 11 is 9.33. The minimum absolute atomic E-state index is 0.0372. The first-order chi connectivity index (χ1) is 13.7. The number of hydrogen-bond donors (Lipinski definition) is 0. The maximum Gasteiger partial charge on any atom is 0.265 e. The average Bonchev–Trinajstić information content (AvgIpc) is 2.69. The Labute approximate surface area is 200 Å². The van der Waals surface area contributed by atoms with Crippen molar-refractivity contribution in [2.24, 2.45) is 0 Å². The molecule has 3 rings (SSSR count). The van der Waals surface area contributed by atoms with Crippen molar-refractivity contribution >= 4 is 80.4 Å². The van der Waals surface area contributed by atoms with Gasteiger partial charge in [0.05, 0.1) is 7.14 Å². The minimum Gasteiger partial charge on any atom is -0.487 e. The molecular weight excluding hydrogens is 621 g/mol. The van der Waals surface area contributed by atoms with Gasteiger partial charge in [-0.2, -0.15) is 0 Å². The van der Waals surface area contributed by atoms with Gasteiger partial charge in [0.1, 0.15) is 23.7 Å². The van der Waals surface area contributed by atoms with E-state index in [-0.39, 0.29) is 23.1 Å². The Kier molecular flexibility index (Phi) is 6.89. The second-order valence-electron chi connectivity index (χ2n) is 6.26. The first-order valence-corrected chi connectivity index (χ1v) is 10.9. The van der Waals surface area contributed by atoms with Crippen molar-refractivity contribution in [1.29, 1.82) is 0 Å². The molecule has 0 saturated carbocycles. The summed E-state index contributed by atoms with van der Waals surface area (Å²) < 4.78 is 21.2. The number of halogens is 3. The molecule has 0 unspecified atom stereocenters. The molecule has 0 atom stereocenters. The lowest BCUT2D eigenvalue weighted by Crippen LogP contribution is -2.52. The molecule has 0 N–H and O–H groups in total. The quantitative estimate of drug-likeness (QED) is 0.219. The van der Waals surface area contributed by atoms with Crippen LogP contribution < -0.4 is 4.74 Å². The van der Waals surface area contributed by atoms with Gasteiger partial charge in [-0.3, -0.25) is 19.4 Å². The zero-order valence-electron chi connectivity index (χ0n) is 15.4. The largest absolute Gasteiger partial charge is 0.487 e. The number of nitrogens with zero attached hydrogens (tertiary/aromatic N) is 2. The van der Waals surface area contributed by atoms with E-state index in [1.54, 1.807) is 36.4 Å². The van der Waals surface area contributed by atoms with E-state index in [1.165, 1.54) is 30.0 Å². The summed E-state index contributed by atoms with van der Waals surface area (Å²) in [5.41, 5.74) is 1.18. The van der Waals surface area contributed by atoms with Crippen molar-refractivity contribution in [2.45, 2.75) is 6.61 Å². The second kappa shape index (κ2) is 9.04. The van der Waals surface area contributed by atoms with Gasteiger partial charge in [0.15, 0.2) is 5.11 Å². The summed E-state index contributed by atoms with van der Waals surface area (Å²) in [5.74, 6) is -0.585. The fraction of sp³-hybridized carbons (Fsp3) is 0.150. The van der Waals surface area contributed by atoms with E-state index >= 15 is 0 Å². The third-order valence-electron chi connectivity index (χ3n) is 4.31. The smallest absolute Gasteiger partial charge is 0.265 e. The van der Waals surface area contributed by atoms with Gasteiger partial charge in [-0.15, -0.1) is 0 Å². The molecule has 9 heteroatoms. The van der Waals surface area contributed by atoms with Crippen LogP contribution in [0, 0.1) is 13.0 Å². The molecule has 0 spiro atoms. The van der Waals surface area contributed by atoms with Gasteiger partial charge in [-0.25, -0.2) is 4.39 Å². The second-order valence-corrected chi connectivity index (χ2v) is 8.95. The lowest BCUT2D eigenvalue weighted by atomic mass is 10.1. The number of amides is 2. The minimum atomic E-state index is -0.442. The van der Waals surface area contributed by atoms with Crippen LogP contribution in [0.2, 0.25) is 0 Å². The Bertz CT molecular complexity index is 1010. The van der Waals surface area contributed by atoms with Crippen molar-refractivity contribution in [3.05, 3.63) is 66.1 Å². The van der Waals surface area contributed by atoms with Crippen LogP contribution in [0.15, 0.2) is 42.0 Å². The van der Waals surface area contributed by atoms with Crippen LogP contribution >= 0.6 is 57.4 Å². The summed E-state index contributed by atoms with van der Waals surface area (Å²) in [5, 5.41) is 0.165. The Hall–Kier alpha value is -1.60. The van der Waals surface area contributed by atoms with Crippen LogP contribution in [0.1, 0.15) is 11.1 Å². The third kappa shape index (κ3) is 4.61. The number of rotatable bonds is 4. The maximum atomic E-state index is 13.8. The van der Waals surface area contributed by atoms with E-state index in [1.807, 2.05) is 0 Å². The summed E-state index contributed by atoms with van der Waals surface area (Å²) in [6, 6.07) is 10.1. The number of carbonyl (C=O) groups excluding carboxylic acids is 2. The average molecular weight is 636 g/mol. The van der Waals surface area contributed by atoms with Crippen molar-refractivity contribution in [3.63, 3.8) is 0 Å². The van der Waals surface area contributed by atoms with Crippen molar-refractivity contribution in [3.8, 4) is 5.75 Å². The van der Waals surface area contributed by atoms with Crippen molar-refractivity contribution in [2.75, 3.05) is 14.1 Å². The standard InChI is InChI=1S/C20H15FI2N2O3S/c1-24-18(26)13(19(27)25(2)20(24)29)7-11-8-15(22)17(16(23)9-11)28-10-12-5-3-4-6-14(12)21/h3-9H,10H2,1-2H3. The molecule has 2 amide bonds. The predicted octanol–water partition coefficient (Wildman–Crippen LogP) is 4.21. The normalized spacial score (nSPS) is 14.5. The van der Waals surface area contributed by atoms with Gasteiger partial charge in [-0.1, -0.05) is 18.2 Å². The molecule has 1 aliphatic rings. The van der Waals surface area contributed by atoms with Crippen LogP contribution in [-0.4, -0.2) is 40.8 Å². The van der Waals surface area contributed by atoms with Crippen LogP contribution in [0.25, 0.3) is 6.08 Å². The van der Waals surface area contributed by atoms with Crippen LogP contribution in [0.3, 0.4) is 0 Å². The molecular formula is C20H15FI2N2O3S. The zero-order valence-corrected chi connectivity index (χ0v) is 20.5. The zero-order chi connectivity index (χ0) is 21.3. The SMILES string of the molecule is CN1C(=O)C(=Cc2cc(I)c(OCc3ccccc3F)c(I)c2)C(=O)N(C)C1=S. The van der Waals surface area contributed by atoms with E-state index in [2.05, 4.69) is 45.2 Å². The number of ether oxygens (including phenoxy) is 1. The lowest BCUT2D eigenvalue weighted by Gasteiger charge is -2.31. The van der Waals surface area contributed by atoms with E-state index in [4.69, 9.17) is 17.0 Å². The Morgan fingerprint density at radius 3 is 2.17 bits per heavy atom. The summed E-state index contributed by atoms with van der Waals surface area (Å²) in [4.78, 5) is 27.5. The molecule has 150 valence electrons. The molecule has 29 heavy (non-hydrogen) atoms. The fourth-order valence-corrected chi connectivity index (χ4v) is 5.00. The third-order valence-corrected chi connectivity index (χ3v) is 6.46. The lowest BCUT2D eigenvalue weighted by molar-refractivity contribution is -0.132. The highest BCUT2D eigenvalue weighted by atomic mass is 127. The highest BCUT2D eigenvalue weighted by Gasteiger charge is 2.35. The Morgan fingerprint density at radius 1 is 1.07 bits per heavy atom. The summed E-state index contributed by atoms with van der Waals surface area (Å²) in [6.07, 6.45) is 1.55. The van der Waals surface area contributed by atoms with Gasteiger partial charge in [0.25, 0.3) is 11.8 Å². The predicted molar refractivity (Wildman–Crippen MR) is 129 cm³/mol. The highest BCUT2D eigenvalue weighted by molar-refractivity contribution is 14.1. The monoisotopic (exact) mass is 636 g/mol. The molecule has 0 bridgehead atoms. The number of benzene rings is 2. The van der Waals surface area contributed by atoms with Gasteiger partial charge in [0.2, 0.25) is 0 Å². The summed E-state index contributed by atoms with van der Waals surface area (Å²) in [6.45, 7) is 0.100. The fourth-order valence-electron chi connectivity index (χ4n) is 2.71. The van der Waals surface area contributed by atoms with Gasteiger partial charge in [-0.05, 0) is 87.2 Å². The van der Waals surface area contributed by atoms with Crippen LogP contribution in [0.5, 0.6) is 5.75 Å². The number of carbonyl (C=O) groups is 2. The van der Waals surface area contributed by atoms with Crippen LogP contribution in [0.4, 0.5) is 4.39 Å². The first-order valence-electron chi connectivity index (χ1n) is 8.37. The molecule has 0 aromatic heterocycles. The molecule has 0 aliphatic carbocycles. The molecule has 1 saturated heterocycles. The molecule has 0 radical (unpaired) electrons. The molecule has 1 heterocycles. The maximum absolute atomic E-state index is 13.8. The first kappa shape index (κ1) is 22.1. The molecule has 1 aliphatic heterocycles. The number of hydrogen-bond acceptors (Lipinski definition) is 4. The van der Waals surface area contributed by atoms with Crippen molar-refractivity contribution < 1.29 is 18.7 Å². The highest BCUT2D eigenvalue weighted by Crippen LogP contribution is 2.31. The van der Waals surface area contributed by atoms with E-state index in [0.29, 0.717) is 16.9 Å². The molecule has 2 aromatic rings. The number of thiocarbonyl (C=S) groups is 1.